The van der Waals surface area contributed by atoms with Gasteiger partial charge in [0.25, 0.3) is 0 Å². The highest BCUT2D eigenvalue weighted by Gasteiger charge is 2.45. The molecular formula is C15H22O2. The minimum atomic E-state index is -0.736. The van der Waals surface area contributed by atoms with Gasteiger partial charge in [-0.15, -0.1) is 0 Å². The molecule has 2 heteroatoms. The topological polar surface area (TPSA) is 37.3 Å². The average molecular weight is 234 g/mol. The highest BCUT2D eigenvalue weighted by Crippen LogP contribution is 2.54. The Bertz CT molecular complexity index is 380. The van der Waals surface area contributed by atoms with Gasteiger partial charge < -0.3 is 5.11 Å². The second-order valence-electron chi connectivity index (χ2n) is 6.03. The van der Waals surface area contributed by atoms with Gasteiger partial charge in [0.2, 0.25) is 0 Å². The van der Waals surface area contributed by atoms with Gasteiger partial charge >= 0.3 is 5.97 Å². The lowest BCUT2D eigenvalue weighted by atomic mass is 9.72. The van der Waals surface area contributed by atoms with Crippen molar-refractivity contribution in [1.29, 1.82) is 0 Å². The van der Waals surface area contributed by atoms with Gasteiger partial charge in [-0.25, -0.2) is 4.79 Å². The Morgan fingerprint density at radius 3 is 2.82 bits per heavy atom. The molecule has 0 unspecified atom stereocenters. The molecule has 0 bridgehead atoms. The largest absolute Gasteiger partial charge is 0.478 e. The van der Waals surface area contributed by atoms with Crippen molar-refractivity contribution < 1.29 is 9.90 Å². The Morgan fingerprint density at radius 2 is 2.24 bits per heavy atom. The summed E-state index contributed by atoms with van der Waals surface area (Å²) >= 11 is 0. The number of allylic oxidation sites excluding steroid dienone is 2. The Labute approximate surface area is 103 Å². The van der Waals surface area contributed by atoms with E-state index in [1.807, 2.05) is 6.08 Å². The highest BCUT2D eigenvalue weighted by atomic mass is 16.4. The second kappa shape index (κ2) is 4.32. The number of aliphatic carboxylic acids is 1. The van der Waals surface area contributed by atoms with Crippen molar-refractivity contribution in [2.24, 2.45) is 17.3 Å². The Morgan fingerprint density at radius 1 is 1.53 bits per heavy atom. The number of carbonyl (C=O) groups is 1. The molecule has 2 nitrogen and oxygen atoms in total. The van der Waals surface area contributed by atoms with Gasteiger partial charge in [-0.05, 0) is 56.3 Å². The van der Waals surface area contributed by atoms with Crippen molar-refractivity contribution in [2.75, 3.05) is 0 Å². The molecule has 0 aromatic carbocycles. The summed E-state index contributed by atoms with van der Waals surface area (Å²) < 4.78 is 0. The summed E-state index contributed by atoms with van der Waals surface area (Å²) in [6.45, 7) is 8.55. The SMILES string of the molecule is C=C(C)[C@H]1CC[C@@]2(C)CC=C(C(=O)O)CC[C@H]12. The van der Waals surface area contributed by atoms with Crippen LogP contribution < -0.4 is 0 Å². The van der Waals surface area contributed by atoms with Crippen molar-refractivity contribution in [3.8, 4) is 0 Å². The van der Waals surface area contributed by atoms with Crippen LogP contribution in [0, 0.1) is 17.3 Å². The van der Waals surface area contributed by atoms with Crippen molar-refractivity contribution in [1.82, 2.24) is 0 Å². The summed E-state index contributed by atoms with van der Waals surface area (Å²) in [4.78, 5) is 11.1. The lowest BCUT2D eigenvalue weighted by Gasteiger charge is -2.32. The van der Waals surface area contributed by atoms with E-state index >= 15 is 0 Å². The van der Waals surface area contributed by atoms with E-state index in [1.54, 1.807) is 0 Å². The van der Waals surface area contributed by atoms with Crippen LogP contribution in [0.15, 0.2) is 23.8 Å². The molecule has 0 aromatic heterocycles. The predicted molar refractivity (Wildman–Crippen MR) is 68.7 cm³/mol. The van der Waals surface area contributed by atoms with E-state index in [0.717, 1.165) is 19.3 Å². The smallest absolute Gasteiger partial charge is 0.331 e. The van der Waals surface area contributed by atoms with Gasteiger partial charge in [0.15, 0.2) is 0 Å². The number of hydrogen-bond donors (Lipinski definition) is 1. The minimum Gasteiger partial charge on any atom is -0.478 e. The van der Waals surface area contributed by atoms with Crippen LogP contribution in [-0.4, -0.2) is 11.1 Å². The summed E-state index contributed by atoms with van der Waals surface area (Å²) in [6, 6.07) is 0. The van der Waals surface area contributed by atoms with Gasteiger partial charge in [-0.3, -0.25) is 0 Å². The quantitative estimate of drug-likeness (QED) is 0.738. The molecule has 2 rings (SSSR count). The van der Waals surface area contributed by atoms with E-state index in [0.29, 0.717) is 22.8 Å². The van der Waals surface area contributed by atoms with Crippen molar-refractivity contribution in [3.05, 3.63) is 23.8 Å². The van der Waals surface area contributed by atoms with E-state index < -0.39 is 5.97 Å². The lowest BCUT2D eigenvalue weighted by Crippen LogP contribution is -2.24. The summed E-state index contributed by atoms with van der Waals surface area (Å²) in [5.74, 6) is 0.482. The van der Waals surface area contributed by atoms with Crippen LogP contribution in [-0.2, 0) is 4.79 Å². The standard InChI is InChI=1S/C15H22O2/c1-10(2)12-7-9-15(3)8-6-11(14(16)17)4-5-13(12)15/h6,12-13H,1,4-5,7-9H2,2-3H3,(H,16,17)/t12-,13-,15-/m1/s1. The van der Waals surface area contributed by atoms with Gasteiger partial charge in [-0.1, -0.05) is 25.2 Å². The van der Waals surface area contributed by atoms with Crippen LogP contribution in [0.2, 0.25) is 0 Å². The molecule has 2 aliphatic rings. The Kier molecular flexibility index (Phi) is 3.15. The molecule has 17 heavy (non-hydrogen) atoms. The molecule has 0 spiro atoms. The maximum Gasteiger partial charge on any atom is 0.331 e. The molecule has 2 aliphatic carbocycles. The normalized spacial score (nSPS) is 36.9. The van der Waals surface area contributed by atoms with Gasteiger partial charge in [0.05, 0.1) is 0 Å². The first kappa shape index (κ1) is 12.4. The molecule has 0 aliphatic heterocycles. The minimum absolute atomic E-state index is 0.292. The van der Waals surface area contributed by atoms with Crippen molar-refractivity contribution in [3.63, 3.8) is 0 Å². The van der Waals surface area contributed by atoms with E-state index in [9.17, 15) is 4.79 Å². The summed E-state index contributed by atoms with van der Waals surface area (Å²) in [5, 5.41) is 9.10. The molecule has 0 amide bonds. The summed E-state index contributed by atoms with van der Waals surface area (Å²) in [5.41, 5.74) is 2.18. The molecule has 1 N–H and O–H groups in total. The maximum atomic E-state index is 11.1. The third kappa shape index (κ3) is 2.18. The molecule has 0 aromatic rings. The lowest BCUT2D eigenvalue weighted by molar-refractivity contribution is -0.132. The molecule has 0 radical (unpaired) electrons. The highest BCUT2D eigenvalue weighted by molar-refractivity contribution is 5.86. The first-order chi connectivity index (χ1) is 7.94. The number of fused-ring (bicyclic) bond motifs is 1. The van der Waals surface area contributed by atoms with Crippen molar-refractivity contribution >= 4 is 5.97 Å². The third-order valence-corrected chi connectivity index (χ3v) is 4.85. The van der Waals surface area contributed by atoms with Crippen LogP contribution >= 0.6 is 0 Å². The fraction of sp³-hybridized carbons (Fsp3) is 0.667. The van der Waals surface area contributed by atoms with Gasteiger partial charge in [0.1, 0.15) is 0 Å². The fourth-order valence-electron chi connectivity index (χ4n) is 3.71. The predicted octanol–water partition coefficient (Wildman–Crippen LogP) is 3.79. The Hall–Kier alpha value is -1.05. The zero-order valence-electron chi connectivity index (χ0n) is 10.8. The molecule has 3 atom stereocenters. The fourth-order valence-corrected chi connectivity index (χ4v) is 3.71. The monoisotopic (exact) mass is 234 g/mol. The van der Waals surface area contributed by atoms with E-state index in [4.69, 9.17) is 5.11 Å². The van der Waals surface area contributed by atoms with E-state index in [1.165, 1.54) is 18.4 Å². The van der Waals surface area contributed by atoms with Crippen LogP contribution in [0.5, 0.6) is 0 Å². The van der Waals surface area contributed by atoms with Gasteiger partial charge in [0, 0.05) is 5.57 Å². The maximum absolute atomic E-state index is 11.1. The first-order valence-electron chi connectivity index (χ1n) is 6.52. The van der Waals surface area contributed by atoms with Crippen LogP contribution in [0.4, 0.5) is 0 Å². The zero-order chi connectivity index (χ0) is 12.6. The molecular weight excluding hydrogens is 212 g/mol. The zero-order valence-corrected chi connectivity index (χ0v) is 10.8. The average Bonchev–Trinajstić information content (AvgIpc) is 2.47. The Balaban J connectivity index is 2.22. The van der Waals surface area contributed by atoms with Crippen LogP contribution in [0.1, 0.15) is 46.0 Å². The van der Waals surface area contributed by atoms with Crippen molar-refractivity contribution in [2.45, 2.75) is 46.0 Å². The third-order valence-electron chi connectivity index (χ3n) is 4.85. The van der Waals surface area contributed by atoms with Crippen LogP contribution in [0.3, 0.4) is 0 Å². The number of carboxylic acids is 1. The molecule has 1 saturated carbocycles. The number of hydrogen-bond acceptors (Lipinski definition) is 1. The molecule has 0 saturated heterocycles. The van der Waals surface area contributed by atoms with E-state index in [-0.39, 0.29) is 0 Å². The van der Waals surface area contributed by atoms with Gasteiger partial charge in [-0.2, -0.15) is 0 Å². The van der Waals surface area contributed by atoms with E-state index in [2.05, 4.69) is 20.4 Å². The summed E-state index contributed by atoms with van der Waals surface area (Å²) in [6.07, 6.45) is 7.04. The molecule has 0 heterocycles. The first-order valence-corrected chi connectivity index (χ1v) is 6.52. The second-order valence-corrected chi connectivity index (χ2v) is 6.03. The van der Waals surface area contributed by atoms with Crippen LogP contribution in [0.25, 0.3) is 0 Å². The number of rotatable bonds is 2. The molecule has 94 valence electrons. The summed E-state index contributed by atoms with van der Waals surface area (Å²) in [7, 11) is 0. The molecule has 1 fully saturated rings. The number of carboxylic acid groups (broad SMARTS) is 1.